The van der Waals surface area contributed by atoms with E-state index in [0.29, 0.717) is 25.9 Å². The maximum Gasteiger partial charge on any atom is 0.213 e. The van der Waals surface area contributed by atoms with E-state index in [1.54, 1.807) is 0 Å². The van der Waals surface area contributed by atoms with Gasteiger partial charge in [-0.1, -0.05) is 33.9 Å². The van der Waals surface area contributed by atoms with Crippen LogP contribution in [0.3, 0.4) is 0 Å². The van der Waals surface area contributed by atoms with Crippen LogP contribution in [0.25, 0.3) is 0 Å². The molecule has 92 valence electrons. The molecule has 0 N–H and O–H groups in total. The first-order chi connectivity index (χ1) is 7.67. The predicted octanol–water partition coefficient (Wildman–Crippen LogP) is 1.85. The highest BCUT2D eigenvalue weighted by Crippen LogP contribution is 2.01. The summed E-state index contributed by atoms with van der Waals surface area (Å²) in [5.74, 6) is 0.182. The minimum absolute atomic E-state index is 0.182. The molecule has 0 radical (unpaired) electrons. The lowest BCUT2D eigenvalue weighted by atomic mass is 10.1. The van der Waals surface area contributed by atoms with E-state index in [9.17, 15) is 9.59 Å². The summed E-state index contributed by atoms with van der Waals surface area (Å²) in [7, 11) is 0. The normalized spacial score (nSPS) is 8.50. The SMILES string of the molecule is C=CN(C=O)CC(C)CN(C=C)C=O.CC. The number of rotatable bonds is 8. The fourth-order valence-corrected chi connectivity index (χ4v) is 1.10. The average molecular weight is 226 g/mol. The van der Waals surface area contributed by atoms with Gasteiger partial charge in [-0.15, -0.1) is 0 Å². The second-order valence-electron chi connectivity index (χ2n) is 3.07. The van der Waals surface area contributed by atoms with Crippen molar-refractivity contribution >= 4 is 12.8 Å². The summed E-state index contributed by atoms with van der Waals surface area (Å²) in [4.78, 5) is 23.8. The van der Waals surface area contributed by atoms with Crippen LogP contribution in [-0.4, -0.2) is 35.7 Å². The monoisotopic (exact) mass is 226 g/mol. The topological polar surface area (TPSA) is 40.6 Å². The first-order valence-electron chi connectivity index (χ1n) is 5.35. The van der Waals surface area contributed by atoms with E-state index >= 15 is 0 Å². The lowest BCUT2D eigenvalue weighted by molar-refractivity contribution is -0.116. The van der Waals surface area contributed by atoms with Gasteiger partial charge in [0.2, 0.25) is 12.8 Å². The first kappa shape index (κ1) is 16.8. The molecule has 0 saturated carbocycles. The van der Waals surface area contributed by atoms with Gasteiger partial charge in [-0.3, -0.25) is 9.59 Å². The zero-order valence-corrected chi connectivity index (χ0v) is 10.4. The second-order valence-corrected chi connectivity index (χ2v) is 3.07. The van der Waals surface area contributed by atoms with Crippen LogP contribution in [0.4, 0.5) is 0 Å². The van der Waals surface area contributed by atoms with Crippen molar-refractivity contribution in [3.05, 3.63) is 25.6 Å². The van der Waals surface area contributed by atoms with Crippen LogP contribution in [0.1, 0.15) is 20.8 Å². The van der Waals surface area contributed by atoms with Crippen molar-refractivity contribution in [3.63, 3.8) is 0 Å². The summed E-state index contributed by atoms with van der Waals surface area (Å²) in [6.07, 6.45) is 4.34. The minimum atomic E-state index is 0.182. The second kappa shape index (κ2) is 11.5. The summed E-state index contributed by atoms with van der Waals surface area (Å²) >= 11 is 0. The summed E-state index contributed by atoms with van der Waals surface area (Å²) in [6.45, 7) is 14.0. The Hall–Kier alpha value is -1.58. The van der Waals surface area contributed by atoms with Gasteiger partial charge in [-0.05, 0) is 18.3 Å². The van der Waals surface area contributed by atoms with Gasteiger partial charge in [0.1, 0.15) is 0 Å². The van der Waals surface area contributed by atoms with Crippen molar-refractivity contribution in [1.82, 2.24) is 9.80 Å². The van der Waals surface area contributed by atoms with Gasteiger partial charge >= 0.3 is 0 Å². The maximum absolute atomic E-state index is 10.4. The van der Waals surface area contributed by atoms with Gasteiger partial charge in [-0.2, -0.15) is 0 Å². The number of nitrogens with zero attached hydrogens (tertiary/aromatic N) is 2. The molecule has 0 aliphatic heterocycles. The van der Waals surface area contributed by atoms with Gasteiger partial charge < -0.3 is 9.80 Å². The van der Waals surface area contributed by atoms with E-state index < -0.39 is 0 Å². The molecule has 0 fully saturated rings. The quantitative estimate of drug-likeness (QED) is 0.593. The van der Waals surface area contributed by atoms with Gasteiger partial charge in [0.05, 0.1) is 0 Å². The molecule has 0 heterocycles. The van der Waals surface area contributed by atoms with Crippen LogP contribution in [0.15, 0.2) is 25.6 Å². The van der Waals surface area contributed by atoms with E-state index in [1.807, 2.05) is 20.8 Å². The third-order valence-electron chi connectivity index (χ3n) is 1.78. The molecule has 16 heavy (non-hydrogen) atoms. The summed E-state index contributed by atoms with van der Waals surface area (Å²) in [5.41, 5.74) is 0. The average Bonchev–Trinajstić information content (AvgIpc) is 2.35. The van der Waals surface area contributed by atoms with Crippen molar-refractivity contribution in [3.8, 4) is 0 Å². The van der Waals surface area contributed by atoms with E-state index in [2.05, 4.69) is 13.2 Å². The van der Waals surface area contributed by atoms with Crippen molar-refractivity contribution in [1.29, 1.82) is 0 Å². The molecule has 2 amide bonds. The highest BCUT2D eigenvalue weighted by molar-refractivity contribution is 5.49. The highest BCUT2D eigenvalue weighted by Gasteiger charge is 2.08. The standard InChI is InChI=1S/C10H16N2O2.C2H6/c1-4-11(8-13)6-10(3)7-12(5-2)9-14;1-2/h4-5,8-10H,1-2,6-7H2,3H3;1-2H3. The van der Waals surface area contributed by atoms with Crippen LogP contribution in [0.2, 0.25) is 0 Å². The van der Waals surface area contributed by atoms with Crippen molar-refractivity contribution in [2.24, 2.45) is 5.92 Å². The third-order valence-corrected chi connectivity index (χ3v) is 1.78. The number of hydrogen-bond acceptors (Lipinski definition) is 2. The lowest BCUT2D eigenvalue weighted by Gasteiger charge is -2.21. The minimum Gasteiger partial charge on any atom is -0.322 e. The zero-order chi connectivity index (χ0) is 13.0. The van der Waals surface area contributed by atoms with E-state index in [0.717, 1.165) is 0 Å². The van der Waals surface area contributed by atoms with Gasteiger partial charge in [0.15, 0.2) is 0 Å². The largest absolute Gasteiger partial charge is 0.322 e. The summed E-state index contributed by atoms with van der Waals surface area (Å²) < 4.78 is 0. The molecular formula is C12H22N2O2. The van der Waals surface area contributed by atoms with Crippen molar-refractivity contribution in [2.75, 3.05) is 13.1 Å². The zero-order valence-electron chi connectivity index (χ0n) is 10.4. The van der Waals surface area contributed by atoms with Crippen LogP contribution in [0.5, 0.6) is 0 Å². The summed E-state index contributed by atoms with van der Waals surface area (Å²) in [6, 6.07) is 0. The molecule has 0 spiro atoms. The number of carbonyl (C=O) groups is 2. The Kier molecular flexibility index (Phi) is 12.1. The molecule has 0 unspecified atom stereocenters. The van der Waals surface area contributed by atoms with Crippen molar-refractivity contribution in [2.45, 2.75) is 20.8 Å². The highest BCUT2D eigenvalue weighted by atomic mass is 16.1. The Labute approximate surface area is 98.2 Å². The Morgan fingerprint density at radius 1 is 1.00 bits per heavy atom. The number of carbonyl (C=O) groups excluding carboxylic acids is 2. The van der Waals surface area contributed by atoms with Crippen LogP contribution in [0, 0.1) is 5.92 Å². The Morgan fingerprint density at radius 2 is 1.31 bits per heavy atom. The van der Waals surface area contributed by atoms with E-state index in [4.69, 9.17) is 0 Å². The number of amides is 2. The van der Waals surface area contributed by atoms with Gasteiger partial charge in [0.25, 0.3) is 0 Å². The first-order valence-corrected chi connectivity index (χ1v) is 5.35. The molecular weight excluding hydrogens is 204 g/mol. The third kappa shape index (κ3) is 7.79. The smallest absolute Gasteiger partial charge is 0.213 e. The molecule has 0 aromatic heterocycles. The molecule has 0 aliphatic rings. The molecule has 0 aromatic carbocycles. The van der Waals surface area contributed by atoms with Crippen molar-refractivity contribution < 1.29 is 9.59 Å². The molecule has 0 bridgehead atoms. The Morgan fingerprint density at radius 3 is 1.50 bits per heavy atom. The van der Waals surface area contributed by atoms with Crippen LogP contribution < -0.4 is 0 Å². The van der Waals surface area contributed by atoms with E-state index in [1.165, 1.54) is 22.2 Å². The molecule has 0 atom stereocenters. The molecule has 0 rings (SSSR count). The lowest BCUT2D eigenvalue weighted by Crippen LogP contribution is -2.29. The Bertz CT molecular complexity index is 179. The molecule has 0 aromatic rings. The van der Waals surface area contributed by atoms with E-state index in [-0.39, 0.29) is 5.92 Å². The van der Waals surface area contributed by atoms with Gasteiger partial charge in [-0.25, -0.2) is 0 Å². The Balaban J connectivity index is 0. The molecule has 0 saturated heterocycles. The fraction of sp³-hybridized carbons (Fsp3) is 0.500. The molecule has 4 nitrogen and oxygen atoms in total. The fourth-order valence-electron chi connectivity index (χ4n) is 1.10. The van der Waals surface area contributed by atoms with Crippen LogP contribution in [-0.2, 0) is 9.59 Å². The predicted molar refractivity (Wildman–Crippen MR) is 66.4 cm³/mol. The molecule has 4 heteroatoms. The maximum atomic E-state index is 10.4. The van der Waals surface area contributed by atoms with Gasteiger partial charge in [0, 0.05) is 13.1 Å². The molecule has 0 aliphatic carbocycles. The van der Waals surface area contributed by atoms with Crippen LogP contribution >= 0.6 is 0 Å². The summed E-state index contributed by atoms with van der Waals surface area (Å²) in [5, 5.41) is 0. The number of hydrogen-bond donors (Lipinski definition) is 0.